The molecule has 150 valence electrons. The van der Waals surface area contributed by atoms with E-state index < -0.39 is 0 Å². The quantitative estimate of drug-likeness (QED) is 0.556. The van der Waals surface area contributed by atoms with Crippen LogP contribution in [0.1, 0.15) is 50.7 Å². The van der Waals surface area contributed by atoms with E-state index in [-0.39, 0.29) is 5.97 Å². The highest BCUT2D eigenvalue weighted by atomic mass is 16.5. The monoisotopic (exact) mass is 379 g/mol. The molecule has 0 aliphatic carbocycles. The number of hydrogen-bond donors (Lipinski definition) is 0. The molecule has 0 aromatic heterocycles. The molecule has 0 bridgehead atoms. The first-order chi connectivity index (χ1) is 13.7. The minimum atomic E-state index is -0.0987. The largest absolute Gasteiger partial charge is 0.466 e. The Morgan fingerprint density at radius 3 is 2.14 bits per heavy atom. The van der Waals surface area contributed by atoms with E-state index in [2.05, 4.69) is 60.4 Å². The second-order valence-corrected chi connectivity index (χ2v) is 7.83. The van der Waals surface area contributed by atoms with Crippen molar-refractivity contribution in [2.24, 2.45) is 0 Å². The normalized spacial score (nSPS) is 17.0. The summed E-state index contributed by atoms with van der Waals surface area (Å²) in [6.07, 6.45) is 6.06. The van der Waals surface area contributed by atoms with E-state index in [1.807, 2.05) is 6.92 Å². The van der Waals surface area contributed by atoms with Gasteiger partial charge < -0.3 is 9.64 Å². The van der Waals surface area contributed by atoms with Crippen LogP contribution in [-0.2, 0) is 22.4 Å². The van der Waals surface area contributed by atoms with Crippen molar-refractivity contribution in [3.05, 3.63) is 59.7 Å². The number of nitrogens with zero attached hydrogens (tertiary/aromatic N) is 1. The van der Waals surface area contributed by atoms with Crippen LogP contribution in [0, 0.1) is 0 Å². The molecule has 1 heterocycles. The molecule has 1 atom stereocenters. The molecule has 1 aliphatic heterocycles. The van der Waals surface area contributed by atoms with E-state index in [1.54, 1.807) is 0 Å². The molecule has 3 heteroatoms. The highest BCUT2D eigenvalue weighted by Gasteiger charge is 2.19. The summed E-state index contributed by atoms with van der Waals surface area (Å²) in [5, 5.41) is 0. The van der Waals surface area contributed by atoms with Gasteiger partial charge in [0.1, 0.15) is 0 Å². The van der Waals surface area contributed by atoms with Gasteiger partial charge in [0.15, 0.2) is 0 Å². The van der Waals surface area contributed by atoms with Crippen LogP contribution in [0.25, 0.3) is 11.1 Å². The topological polar surface area (TPSA) is 29.5 Å². The van der Waals surface area contributed by atoms with Crippen molar-refractivity contribution >= 4 is 5.97 Å². The Labute approximate surface area is 169 Å². The van der Waals surface area contributed by atoms with Gasteiger partial charge in [-0.2, -0.15) is 0 Å². The van der Waals surface area contributed by atoms with Crippen molar-refractivity contribution in [3.8, 4) is 11.1 Å². The number of esters is 1. The third-order valence-corrected chi connectivity index (χ3v) is 5.77. The lowest BCUT2D eigenvalue weighted by molar-refractivity contribution is -0.143. The fraction of sp³-hybridized carbons (Fsp3) is 0.480. The van der Waals surface area contributed by atoms with Crippen LogP contribution in [-0.4, -0.2) is 36.6 Å². The van der Waals surface area contributed by atoms with Crippen LogP contribution >= 0.6 is 0 Å². The van der Waals surface area contributed by atoms with Crippen molar-refractivity contribution < 1.29 is 9.53 Å². The smallest absolute Gasteiger partial charge is 0.305 e. The van der Waals surface area contributed by atoms with Crippen molar-refractivity contribution in [2.75, 3.05) is 19.7 Å². The van der Waals surface area contributed by atoms with E-state index in [1.165, 1.54) is 48.2 Å². The van der Waals surface area contributed by atoms with E-state index in [9.17, 15) is 4.79 Å². The molecule has 0 spiro atoms. The SMILES string of the molecule is CCOC(=O)CCCc1ccc(-c2ccc(CCN3CCC[C@H]3C)cc2)cc1. The zero-order valence-corrected chi connectivity index (χ0v) is 17.3. The van der Waals surface area contributed by atoms with E-state index in [0.717, 1.165) is 25.3 Å². The molecule has 1 saturated heterocycles. The molecule has 2 aromatic carbocycles. The van der Waals surface area contributed by atoms with Crippen molar-refractivity contribution in [1.82, 2.24) is 4.90 Å². The highest BCUT2D eigenvalue weighted by Crippen LogP contribution is 2.22. The second-order valence-electron chi connectivity index (χ2n) is 7.83. The molecule has 0 N–H and O–H groups in total. The first-order valence-electron chi connectivity index (χ1n) is 10.7. The van der Waals surface area contributed by atoms with Crippen LogP contribution in [0.3, 0.4) is 0 Å². The molecule has 3 nitrogen and oxygen atoms in total. The standard InChI is InChI=1S/C25H33NO2/c1-3-28-25(27)8-4-7-21-9-13-23(14-10-21)24-15-11-22(12-16-24)17-19-26-18-5-6-20(26)2/h9-16,20H,3-8,17-19H2,1-2H3/t20-/m1/s1. The fourth-order valence-corrected chi connectivity index (χ4v) is 4.00. The number of likely N-dealkylation sites (tertiary alicyclic amines) is 1. The predicted molar refractivity (Wildman–Crippen MR) is 115 cm³/mol. The number of benzene rings is 2. The Hall–Kier alpha value is -2.13. The van der Waals surface area contributed by atoms with Gasteiger partial charge in [-0.3, -0.25) is 4.79 Å². The highest BCUT2D eigenvalue weighted by molar-refractivity contribution is 5.69. The Morgan fingerprint density at radius 2 is 1.61 bits per heavy atom. The number of aryl methyl sites for hydroxylation is 1. The number of rotatable bonds is 9. The summed E-state index contributed by atoms with van der Waals surface area (Å²) in [4.78, 5) is 14.0. The molecule has 0 saturated carbocycles. The minimum absolute atomic E-state index is 0.0987. The maximum absolute atomic E-state index is 11.4. The lowest BCUT2D eigenvalue weighted by Gasteiger charge is -2.20. The van der Waals surface area contributed by atoms with Crippen LogP contribution in [0.4, 0.5) is 0 Å². The van der Waals surface area contributed by atoms with Gasteiger partial charge >= 0.3 is 5.97 Å². The van der Waals surface area contributed by atoms with Gasteiger partial charge in [-0.1, -0.05) is 48.5 Å². The average molecular weight is 380 g/mol. The zero-order chi connectivity index (χ0) is 19.8. The van der Waals surface area contributed by atoms with Crippen molar-refractivity contribution in [3.63, 3.8) is 0 Å². The van der Waals surface area contributed by atoms with Crippen LogP contribution in [0.15, 0.2) is 48.5 Å². The van der Waals surface area contributed by atoms with Gasteiger partial charge in [-0.15, -0.1) is 0 Å². The van der Waals surface area contributed by atoms with Gasteiger partial charge in [0.05, 0.1) is 6.61 Å². The minimum Gasteiger partial charge on any atom is -0.466 e. The molecule has 3 rings (SSSR count). The molecule has 2 aromatic rings. The zero-order valence-electron chi connectivity index (χ0n) is 17.3. The van der Waals surface area contributed by atoms with Gasteiger partial charge in [0.2, 0.25) is 0 Å². The Bertz CT molecular complexity index is 736. The van der Waals surface area contributed by atoms with Gasteiger partial charge in [0.25, 0.3) is 0 Å². The third kappa shape index (κ3) is 5.93. The van der Waals surface area contributed by atoms with Crippen molar-refractivity contribution in [1.29, 1.82) is 0 Å². The van der Waals surface area contributed by atoms with Gasteiger partial charge in [0, 0.05) is 19.0 Å². The Kier molecular flexibility index (Phi) is 7.67. The molecule has 0 unspecified atom stereocenters. The number of hydrogen-bond acceptors (Lipinski definition) is 3. The second kappa shape index (κ2) is 10.4. The van der Waals surface area contributed by atoms with Gasteiger partial charge in [-0.05, 0) is 74.8 Å². The molecular formula is C25H33NO2. The summed E-state index contributed by atoms with van der Waals surface area (Å²) in [5.74, 6) is -0.0987. The molecule has 28 heavy (non-hydrogen) atoms. The maximum atomic E-state index is 11.4. The number of carbonyl (C=O) groups excluding carboxylic acids is 1. The summed E-state index contributed by atoms with van der Waals surface area (Å²) in [6.45, 7) is 7.07. The maximum Gasteiger partial charge on any atom is 0.305 e. The fourth-order valence-electron chi connectivity index (χ4n) is 4.00. The van der Waals surface area contributed by atoms with E-state index in [0.29, 0.717) is 13.0 Å². The summed E-state index contributed by atoms with van der Waals surface area (Å²) < 4.78 is 4.98. The summed E-state index contributed by atoms with van der Waals surface area (Å²) in [5.41, 5.74) is 5.19. The molecular weight excluding hydrogens is 346 g/mol. The van der Waals surface area contributed by atoms with Crippen LogP contribution < -0.4 is 0 Å². The van der Waals surface area contributed by atoms with E-state index in [4.69, 9.17) is 4.74 Å². The molecule has 0 radical (unpaired) electrons. The predicted octanol–water partition coefficient (Wildman–Crippen LogP) is 5.27. The molecule has 0 amide bonds. The average Bonchev–Trinajstić information content (AvgIpc) is 3.12. The number of ether oxygens (including phenoxy) is 1. The molecule has 1 aliphatic rings. The Balaban J connectivity index is 1.48. The van der Waals surface area contributed by atoms with Gasteiger partial charge in [-0.25, -0.2) is 0 Å². The summed E-state index contributed by atoms with van der Waals surface area (Å²) in [6, 6.07) is 18.5. The number of carbonyl (C=O) groups is 1. The Morgan fingerprint density at radius 1 is 1.00 bits per heavy atom. The van der Waals surface area contributed by atoms with Crippen molar-refractivity contribution in [2.45, 2.75) is 58.4 Å². The van der Waals surface area contributed by atoms with Crippen LogP contribution in [0.5, 0.6) is 0 Å². The summed E-state index contributed by atoms with van der Waals surface area (Å²) >= 11 is 0. The lowest BCUT2D eigenvalue weighted by atomic mass is 10.00. The summed E-state index contributed by atoms with van der Waals surface area (Å²) in [7, 11) is 0. The first kappa shape index (κ1) is 20.6. The molecule has 1 fully saturated rings. The first-order valence-corrected chi connectivity index (χ1v) is 10.7. The van der Waals surface area contributed by atoms with Crippen LogP contribution in [0.2, 0.25) is 0 Å². The third-order valence-electron chi connectivity index (χ3n) is 5.77. The van der Waals surface area contributed by atoms with E-state index >= 15 is 0 Å². The lowest BCUT2D eigenvalue weighted by Crippen LogP contribution is -2.28.